The summed E-state index contributed by atoms with van der Waals surface area (Å²) in [5.74, 6) is -7.84. The van der Waals surface area contributed by atoms with Gasteiger partial charge in [-0.25, -0.2) is 22.0 Å². The molecule has 0 atom stereocenters. The lowest BCUT2D eigenvalue weighted by atomic mass is 10.2. The molecule has 0 spiro atoms. The number of rotatable bonds is 6. The monoisotopic (exact) mass is 412 g/mol. The Bertz CT molecular complexity index is 1030. The van der Waals surface area contributed by atoms with Gasteiger partial charge >= 0.3 is 0 Å². The number of aryl methyl sites for hydroxylation is 1. The molecule has 0 heterocycles. The number of ether oxygens (including phenoxy) is 2. The van der Waals surface area contributed by atoms with Crippen LogP contribution in [0.2, 0.25) is 0 Å². The van der Waals surface area contributed by atoms with Crippen LogP contribution in [0.15, 0.2) is 42.5 Å². The maximum absolute atomic E-state index is 14.2. The third kappa shape index (κ3) is 4.64. The Morgan fingerprint density at radius 1 is 0.586 bits per heavy atom. The topological polar surface area (TPSA) is 18.5 Å². The van der Waals surface area contributed by atoms with Crippen LogP contribution in [0.3, 0.4) is 0 Å². The van der Waals surface area contributed by atoms with E-state index < -0.39 is 41.5 Å². The highest BCUT2D eigenvalue weighted by Gasteiger charge is 2.14. The van der Waals surface area contributed by atoms with E-state index >= 15 is 0 Å². The normalized spacial score (nSPS) is 10.9. The van der Waals surface area contributed by atoms with Gasteiger partial charge in [0.25, 0.3) is 0 Å². The molecular formula is C21H14F6O2. The molecule has 0 saturated heterocycles. The summed E-state index contributed by atoms with van der Waals surface area (Å²) in [6.07, 6.45) is 0. The Labute approximate surface area is 162 Å². The Hall–Kier alpha value is -3.16. The van der Waals surface area contributed by atoms with Gasteiger partial charge in [0.1, 0.15) is 13.2 Å². The lowest BCUT2D eigenvalue weighted by Crippen LogP contribution is -2.03. The molecule has 0 bridgehead atoms. The van der Waals surface area contributed by atoms with E-state index in [-0.39, 0.29) is 29.2 Å². The van der Waals surface area contributed by atoms with Crippen LogP contribution in [0.1, 0.15) is 16.7 Å². The van der Waals surface area contributed by atoms with Crippen molar-refractivity contribution in [1.29, 1.82) is 0 Å². The van der Waals surface area contributed by atoms with Crippen molar-refractivity contribution in [2.24, 2.45) is 0 Å². The SMILES string of the molecule is Cc1ccc(OCc2ccc(OCc3cc(F)c(F)c(F)c3)c(F)c2)c(F)c1F. The third-order valence-electron chi connectivity index (χ3n) is 4.07. The van der Waals surface area contributed by atoms with Crippen molar-refractivity contribution < 1.29 is 35.8 Å². The van der Waals surface area contributed by atoms with Gasteiger partial charge in [0.2, 0.25) is 5.82 Å². The van der Waals surface area contributed by atoms with Crippen molar-refractivity contribution in [2.75, 3.05) is 0 Å². The zero-order valence-corrected chi connectivity index (χ0v) is 15.0. The van der Waals surface area contributed by atoms with E-state index in [1.807, 2.05) is 0 Å². The van der Waals surface area contributed by atoms with Crippen molar-refractivity contribution in [1.82, 2.24) is 0 Å². The van der Waals surface area contributed by atoms with Crippen LogP contribution < -0.4 is 9.47 Å². The van der Waals surface area contributed by atoms with Gasteiger partial charge in [-0.3, -0.25) is 0 Å². The molecule has 0 N–H and O–H groups in total. The molecule has 29 heavy (non-hydrogen) atoms. The van der Waals surface area contributed by atoms with Crippen LogP contribution in [0.25, 0.3) is 0 Å². The minimum atomic E-state index is -1.60. The van der Waals surface area contributed by atoms with Crippen molar-refractivity contribution in [3.63, 3.8) is 0 Å². The van der Waals surface area contributed by atoms with E-state index in [9.17, 15) is 26.3 Å². The molecule has 0 aromatic heterocycles. The second kappa shape index (κ2) is 8.46. The zero-order chi connectivity index (χ0) is 21.1. The average Bonchev–Trinajstić information content (AvgIpc) is 2.69. The minimum absolute atomic E-state index is 0.0231. The number of halogens is 6. The van der Waals surface area contributed by atoms with E-state index in [4.69, 9.17) is 9.47 Å². The van der Waals surface area contributed by atoms with Crippen LogP contribution in [0.4, 0.5) is 26.3 Å². The van der Waals surface area contributed by atoms with Crippen LogP contribution in [0.5, 0.6) is 11.5 Å². The first-order chi connectivity index (χ1) is 13.8. The molecular weight excluding hydrogens is 398 g/mol. The summed E-state index contributed by atoms with van der Waals surface area (Å²) in [6, 6.07) is 7.84. The fourth-order valence-corrected chi connectivity index (χ4v) is 2.50. The maximum atomic E-state index is 14.2. The first kappa shape index (κ1) is 20.6. The fraction of sp³-hybridized carbons (Fsp3) is 0.143. The van der Waals surface area contributed by atoms with Crippen molar-refractivity contribution >= 4 is 0 Å². The molecule has 8 heteroatoms. The summed E-state index contributed by atoms with van der Waals surface area (Å²) >= 11 is 0. The quantitative estimate of drug-likeness (QED) is 0.366. The highest BCUT2D eigenvalue weighted by atomic mass is 19.2. The average molecular weight is 412 g/mol. The highest BCUT2D eigenvalue weighted by molar-refractivity contribution is 5.32. The predicted molar refractivity (Wildman–Crippen MR) is 92.5 cm³/mol. The molecule has 0 aliphatic rings. The molecule has 3 aromatic rings. The van der Waals surface area contributed by atoms with Crippen molar-refractivity contribution in [3.8, 4) is 11.5 Å². The van der Waals surface area contributed by atoms with E-state index in [0.29, 0.717) is 5.56 Å². The van der Waals surface area contributed by atoms with Crippen LogP contribution in [-0.2, 0) is 13.2 Å². The Morgan fingerprint density at radius 2 is 1.14 bits per heavy atom. The smallest absolute Gasteiger partial charge is 0.200 e. The molecule has 0 aliphatic heterocycles. The summed E-state index contributed by atoms with van der Waals surface area (Å²) in [7, 11) is 0. The van der Waals surface area contributed by atoms with Gasteiger partial charge in [-0.1, -0.05) is 12.1 Å². The van der Waals surface area contributed by atoms with Gasteiger partial charge in [-0.05, 0) is 53.9 Å². The molecule has 0 aliphatic carbocycles. The largest absolute Gasteiger partial charge is 0.486 e. The lowest BCUT2D eigenvalue weighted by Gasteiger charge is -2.11. The van der Waals surface area contributed by atoms with Crippen LogP contribution in [0, 0.1) is 41.8 Å². The van der Waals surface area contributed by atoms with Crippen LogP contribution >= 0.6 is 0 Å². The highest BCUT2D eigenvalue weighted by Crippen LogP contribution is 2.25. The van der Waals surface area contributed by atoms with Crippen molar-refractivity contribution in [3.05, 3.63) is 94.1 Å². The third-order valence-corrected chi connectivity index (χ3v) is 4.07. The number of hydrogen-bond acceptors (Lipinski definition) is 2. The second-order valence-corrected chi connectivity index (χ2v) is 6.22. The van der Waals surface area contributed by atoms with Crippen molar-refractivity contribution in [2.45, 2.75) is 20.1 Å². The molecule has 2 nitrogen and oxygen atoms in total. The van der Waals surface area contributed by atoms with Gasteiger partial charge in [0, 0.05) is 0 Å². The van der Waals surface area contributed by atoms with Gasteiger partial charge in [0.05, 0.1) is 0 Å². The maximum Gasteiger partial charge on any atom is 0.200 e. The molecule has 0 fully saturated rings. The Kier molecular flexibility index (Phi) is 6.00. The van der Waals surface area contributed by atoms with E-state index in [0.717, 1.165) is 18.2 Å². The Morgan fingerprint density at radius 3 is 1.79 bits per heavy atom. The summed E-state index contributed by atoms with van der Waals surface area (Å²) in [5, 5.41) is 0. The summed E-state index contributed by atoms with van der Waals surface area (Å²) in [4.78, 5) is 0. The Balaban J connectivity index is 1.65. The lowest BCUT2D eigenvalue weighted by molar-refractivity contribution is 0.278. The molecule has 0 unspecified atom stereocenters. The summed E-state index contributed by atoms with van der Waals surface area (Å²) in [5.41, 5.74) is 0.419. The van der Waals surface area contributed by atoms with Gasteiger partial charge in [0.15, 0.2) is 40.6 Å². The van der Waals surface area contributed by atoms with Gasteiger partial charge in [-0.15, -0.1) is 0 Å². The fourth-order valence-electron chi connectivity index (χ4n) is 2.50. The first-order valence-electron chi connectivity index (χ1n) is 8.38. The summed E-state index contributed by atoms with van der Waals surface area (Å²) < 4.78 is 91.1. The van der Waals surface area contributed by atoms with E-state index in [1.165, 1.54) is 31.2 Å². The first-order valence-corrected chi connectivity index (χ1v) is 8.38. The van der Waals surface area contributed by atoms with E-state index in [2.05, 4.69) is 0 Å². The van der Waals surface area contributed by atoms with Gasteiger partial charge < -0.3 is 9.47 Å². The molecule has 0 saturated carbocycles. The predicted octanol–water partition coefficient (Wildman–Crippen LogP) is 5.99. The standard InChI is InChI=1S/C21H14F6O2/c1-11-2-4-18(21(27)19(11)25)29-9-12-3-5-17(14(22)6-12)28-10-13-7-15(23)20(26)16(24)8-13/h2-8H,9-10H2,1H3. The number of hydrogen-bond donors (Lipinski definition) is 0. The molecule has 0 amide bonds. The molecule has 3 rings (SSSR count). The van der Waals surface area contributed by atoms with Gasteiger partial charge in [-0.2, -0.15) is 4.39 Å². The zero-order valence-electron chi connectivity index (χ0n) is 15.0. The molecule has 3 aromatic carbocycles. The summed E-state index contributed by atoms with van der Waals surface area (Å²) in [6.45, 7) is 0.782. The molecule has 152 valence electrons. The number of benzene rings is 3. The second-order valence-electron chi connectivity index (χ2n) is 6.22. The van der Waals surface area contributed by atoms with Crippen LogP contribution in [-0.4, -0.2) is 0 Å². The minimum Gasteiger partial charge on any atom is -0.486 e. The van der Waals surface area contributed by atoms with E-state index in [1.54, 1.807) is 0 Å². The molecule has 0 radical (unpaired) electrons.